The molecule has 0 aliphatic heterocycles. The van der Waals surface area contributed by atoms with E-state index in [1.807, 2.05) is 30.3 Å². The Kier molecular flexibility index (Phi) is 7.99. The smallest absolute Gasteiger partial charge is 0.336 e. The molecule has 7 nitrogen and oxygen atoms in total. The van der Waals surface area contributed by atoms with Crippen LogP contribution >= 0.6 is 23.4 Å². The van der Waals surface area contributed by atoms with E-state index in [0.717, 1.165) is 10.5 Å². The van der Waals surface area contributed by atoms with Gasteiger partial charge in [0, 0.05) is 16.8 Å². The van der Waals surface area contributed by atoms with E-state index in [1.165, 1.54) is 30.1 Å². The van der Waals surface area contributed by atoms with Gasteiger partial charge in [0.1, 0.15) is 11.1 Å². The number of nitrogens with zero attached hydrogens (tertiary/aromatic N) is 1. The van der Waals surface area contributed by atoms with Gasteiger partial charge in [-0.1, -0.05) is 54.1 Å². The van der Waals surface area contributed by atoms with E-state index < -0.39 is 17.1 Å². The van der Waals surface area contributed by atoms with Crippen LogP contribution in [0.2, 0.25) is 5.02 Å². The van der Waals surface area contributed by atoms with Gasteiger partial charge in [-0.25, -0.2) is 9.78 Å². The van der Waals surface area contributed by atoms with E-state index in [1.54, 1.807) is 48.5 Å². The van der Waals surface area contributed by atoms with Crippen LogP contribution in [0.4, 0.5) is 11.5 Å². The van der Waals surface area contributed by atoms with Crippen molar-refractivity contribution in [3.63, 3.8) is 0 Å². The highest BCUT2D eigenvalue weighted by Crippen LogP contribution is 2.36. The number of hydrogen-bond donors (Lipinski definition) is 3. The summed E-state index contributed by atoms with van der Waals surface area (Å²) < 4.78 is 0. The van der Waals surface area contributed by atoms with Crippen molar-refractivity contribution in [3.05, 3.63) is 119 Å². The summed E-state index contributed by atoms with van der Waals surface area (Å²) in [6.45, 7) is 0. The topological polar surface area (TPSA) is 108 Å². The lowest BCUT2D eigenvalue weighted by Crippen LogP contribution is -2.19. The number of benzene rings is 3. The van der Waals surface area contributed by atoms with Crippen molar-refractivity contribution < 1.29 is 19.5 Å². The van der Waals surface area contributed by atoms with E-state index in [0.29, 0.717) is 16.5 Å². The van der Waals surface area contributed by atoms with Crippen molar-refractivity contribution in [3.8, 4) is 0 Å². The van der Waals surface area contributed by atoms with Gasteiger partial charge in [0.15, 0.2) is 0 Å². The number of hydrogen-bond acceptors (Lipinski definition) is 5. The lowest BCUT2D eigenvalue weighted by atomic mass is 10.1. The predicted molar refractivity (Wildman–Crippen MR) is 141 cm³/mol. The molecule has 0 spiro atoms. The number of aromatic nitrogens is 1. The highest BCUT2D eigenvalue weighted by molar-refractivity contribution is 8.00. The number of amides is 2. The first-order valence-corrected chi connectivity index (χ1v) is 12.0. The Bertz CT molecular complexity index is 1380. The summed E-state index contributed by atoms with van der Waals surface area (Å²) in [4.78, 5) is 42.1. The van der Waals surface area contributed by atoms with E-state index in [9.17, 15) is 19.5 Å². The third-order valence-electron chi connectivity index (χ3n) is 5.09. The van der Waals surface area contributed by atoms with Crippen LogP contribution in [-0.4, -0.2) is 27.9 Å². The van der Waals surface area contributed by atoms with Crippen LogP contribution in [0.5, 0.6) is 0 Å². The Hall–Kier alpha value is -4.14. The van der Waals surface area contributed by atoms with E-state index >= 15 is 0 Å². The lowest BCUT2D eigenvalue weighted by molar-refractivity contribution is -0.115. The van der Waals surface area contributed by atoms with E-state index in [2.05, 4.69) is 15.6 Å². The summed E-state index contributed by atoms with van der Waals surface area (Å²) in [5.41, 5.74) is 1.31. The fourth-order valence-electron chi connectivity index (χ4n) is 3.36. The number of thioether (sulfide) groups is 1. The zero-order chi connectivity index (χ0) is 25.5. The molecule has 9 heteroatoms. The molecule has 4 aromatic rings. The molecule has 0 saturated carbocycles. The summed E-state index contributed by atoms with van der Waals surface area (Å²) >= 11 is 7.23. The van der Waals surface area contributed by atoms with Gasteiger partial charge in [-0.2, -0.15) is 0 Å². The standard InChI is InChI=1S/C27H20ClN3O4S/c28-18-10-15-23(29-16-18)31-26(33)24(17-6-2-1-3-7-17)36-20-13-11-19(12-14-20)30-25(32)21-8-4-5-9-22(21)27(34)35/h1-16,24H,(H,30,32)(H,34,35)(H,29,31,33). The number of anilines is 2. The van der Waals surface area contributed by atoms with Gasteiger partial charge in [-0.05, 0) is 54.1 Å². The van der Waals surface area contributed by atoms with Crippen molar-refractivity contribution in [2.24, 2.45) is 0 Å². The molecule has 0 fully saturated rings. The van der Waals surface area contributed by atoms with Crippen molar-refractivity contribution in [2.75, 3.05) is 10.6 Å². The Balaban J connectivity index is 1.49. The molecule has 0 aliphatic carbocycles. The summed E-state index contributed by atoms with van der Waals surface area (Å²) in [5.74, 6) is -1.55. The third kappa shape index (κ3) is 6.29. The van der Waals surface area contributed by atoms with Crippen molar-refractivity contribution in [1.82, 2.24) is 4.98 Å². The number of pyridine rings is 1. The van der Waals surface area contributed by atoms with Gasteiger partial charge >= 0.3 is 5.97 Å². The van der Waals surface area contributed by atoms with Crippen LogP contribution in [0.15, 0.2) is 102 Å². The van der Waals surface area contributed by atoms with Gasteiger partial charge in [0.05, 0.1) is 16.1 Å². The maximum Gasteiger partial charge on any atom is 0.336 e. The number of rotatable bonds is 8. The monoisotopic (exact) mass is 517 g/mol. The quantitative estimate of drug-likeness (QED) is 0.242. The second-order valence-electron chi connectivity index (χ2n) is 7.59. The normalized spacial score (nSPS) is 11.4. The Labute approximate surface area is 216 Å². The molecular formula is C27H20ClN3O4S. The lowest BCUT2D eigenvalue weighted by Gasteiger charge is -2.17. The number of nitrogens with one attached hydrogen (secondary N) is 2. The molecule has 0 bridgehead atoms. The first kappa shape index (κ1) is 25.0. The number of carbonyl (C=O) groups is 3. The molecule has 3 aromatic carbocycles. The van der Waals surface area contributed by atoms with E-state index in [4.69, 9.17) is 11.6 Å². The van der Waals surface area contributed by atoms with Gasteiger partial charge < -0.3 is 15.7 Å². The summed E-state index contributed by atoms with van der Waals surface area (Å²) in [7, 11) is 0. The highest BCUT2D eigenvalue weighted by atomic mass is 35.5. The third-order valence-corrected chi connectivity index (χ3v) is 6.58. The minimum atomic E-state index is -1.17. The van der Waals surface area contributed by atoms with Crippen LogP contribution < -0.4 is 10.6 Å². The fraction of sp³-hybridized carbons (Fsp3) is 0.0370. The number of carboxylic acid groups (broad SMARTS) is 1. The van der Waals surface area contributed by atoms with Crippen molar-refractivity contribution in [2.45, 2.75) is 10.1 Å². The molecule has 1 heterocycles. The van der Waals surface area contributed by atoms with Crippen molar-refractivity contribution in [1.29, 1.82) is 0 Å². The average molecular weight is 518 g/mol. The number of halogens is 1. The summed E-state index contributed by atoms with van der Waals surface area (Å²) in [6.07, 6.45) is 1.46. The molecule has 4 rings (SSSR count). The second-order valence-corrected chi connectivity index (χ2v) is 9.20. The average Bonchev–Trinajstić information content (AvgIpc) is 2.90. The first-order chi connectivity index (χ1) is 17.4. The molecule has 2 amide bonds. The molecule has 0 aliphatic rings. The molecule has 36 heavy (non-hydrogen) atoms. The maximum absolute atomic E-state index is 13.1. The molecule has 1 aromatic heterocycles. The zero-order valence-electron chi connectivity index (χ0n) is 18.7. The zero-order valence-corrected chi connectivity index (χ0v) is 20.3. The molecule has 3 N–H and O–H groups in total. The van der Waals surface area contributed by atoms with Crippen LogP contribution in [0.3, 0.4) is 0 Å². The van der Waals surface area contributed by atoms with Gasteiger partial charge in [0.25, 0.3) is 5.91 Å². The van der Waals surface area contributed by atoms with Crippen LogP contribution in [0.1, 0.15) is 31.5 Å². The van der Waals surface area contributed by atoms with Gasteiger partial charge in [0.2, 0.25) is 5.91 Å². The molecular weight excluding hydrogens is 498 g/mol. The molecule has 0 saturated heterocycles. The largest absolute Gasteiger partial charge is 0.478 e. The van der Waals surface area contributed by atoms with Crippen molar-refractivity contribution >= 4 is 52.7 Å². The summed E-state index contributed by atoms with van der Waals surface area (Å²) in [5, 5.41) is 14.8. The van der Waals surface area contributed by atoms with E-state index in [-0.39, 0.29) is 17.0 Å². The number of carboxylic acids is 1. The number of carbonyl (C=O) groups excluding carboxylic acids is 2. The Morgan fingerprint density at radius 2 is 1.47 bits per heavy atom. The van der Waals surface area contributed by atoms with Crippen LogP contribution in [0, 0.1) is 0 Å². The highest BCUT2D eigenvalue weighted by Gasteiger charge is 2.23. The minimum absolute atomic E-state index is 0.0695. The van der Waals surface area contributed by atoms with Gasteiger partial charge in [-0.15, -0.1) is 11.8 Å². The SMILES string of the molecule is O=C(O)c1ccccc1C(=O)Nc1ccc(SC(C(=O)Nc2ccc(Cl)cn2)c2ccccc2)cc1. The Morgan fingerprint density at radius 3 is 2.11 bits per heavy atom. The van der Waals surface area contributed by atoms with Crippen LogP contribution in [0.25, 0.3) is 0 Å². The molecule has 1 unspecified atom stereocenters. The Morgan fingerprint density at radius 1 is 0.806 bits per heavy atom. The predicted octanol–water partition coefficient (Wildman–Crippen LogP) is 6.16. The molecule has 1 atom stereocenters. The van der Waals surface area contributed by atoms with Crippen LogP contribution in [-0.2, 0) is 4.79 Å². The molecule has 0 radical (unpaired) electrons. The number of aromatic carboxylic acids is 1. The first-order valence-electron chi connectivity index (χ1n) is 10.8. The maximum atomic E-state index is 13.1. The fourth-order valence-corrected chi connectivity index (χ4v) is 4.50. The summed E-state index contributed by atoms with van der Waals surface area (Å²) in [6, 6.07) is 25.6. The van der Waals surface area contributed by atoms with Gasteiger partial charge in [-0.3, -0.25) is 9.59 Å². The molecule has 180 valence electrons. The second kappa shape index (κ2) is 11.5. The minimum Gasteiger partial charge on any atom is -0.478 e.